The van der Waals surface area contributed by atoms with Crippen LogP contribution >= 0.6 is 11.5 Å². The lowest BCUT2D eigenvalue weighted by Gasteiger charge is -2.10. The molecule has 0 saturated carbocycles. The maximum atomic E-state index is 12.6. The number of hydrogen-bond acceptors (Lipinski definition) is 10. The van der Waals surface area contributed by atoms with Crippen molar-refractivity contribution >= 4 is 44.5 Å². The van der Waals surface area contributed by atoms with Gasteiger partial charge in [-0.25, -0.2) is 13.2 Å². The van der Waals surface area contributed by atoms with E-state index in [1.54, 1.807) is 30.3 Å². The molecule has 0 saturated heterocycles. The Kier molecular flexibility index (Phi) is 8.18. The Balaban J connectivity index is 1.79. The van der Waals surface area contributed by atoms with Crippen molar-refractivity contribution in [2.45, 2.75) is 31.2 Å². The zero-order chi connectivity index (χ0) is 26.5. The van der Waals surface area contributed by atoms with Crippen molar-refractivity contribution in [1.29, 1.82) is 5.26 Å². The van der Waals surface area contributed by atoms with Gasteiger partial charge in [0.15, 0.2) is 11.5 Å². The summed E-state index contributed by atoms with van der Waals surface area (Å²) in [6.07, 6.45) is 1.30. The lowest BCUT2D eigenvalue weighted by molar-refractivity contribution is -0.112. The number of aromatic nitrogens is 2. The van der Waals surface area contributed by atoms with Crippen molar-refractivity contribution in [3.63, 3.8) is 0 Å². The minimum atomic E-state index is -3.70. The van der Waals surface area contributed by atoms with Crippen LogP contribution in [0.2, 0.25) is 0 Å². The van der Waals surface area contributed by atoms with E-state index < -0.39 is 27.0 Å². The van der Waals surface area contributed by atoms with Gasteiger partial charge in [-0.15, -0.1) is 0 Å². The Morgan fingerprint density at radius 2 is 1.92 bits per heavy atom. The van der Waals surface area contributed by atoms with Gasteiger partial charge in [0.25, 0.3) is 11.1 Å². The van der Waals surface area contributed by atoms with Gasteiger partial charge in [-0.3, -0.25) is 10.1 Å². The number of carbonyl (C=O) groups is 2. The lowest BCUT2D eigenvalue weighted by Crippen LogP contribution is -2.16. The fourth-order valence-electron chi connectivity index (χ4n) is 2.86. The Morgan fingerprint density at radius 1 is 1.17 bits per heavy atom. The van der Waals surface area contributed by atoms with E-state index in [1.807, 2.05) is 13.0 Å². The average Bonchev–Trinajstić information content (AvgIpc) is 3.32. The first-order chi connectivity index (χ1) is 17.0. The number of anilines is 1. The summed E-state index contributed by atoms with van der Waals surface area (Å²) in [4.78, 5) is 28.9. The average molecular weight is 527 g/mol. The highest BCUT2D eigenvalue weighted by molar-refractivity contribution is 7.91. The molecule has 0 aliphatic heterocycles. The van der Waals surface area contributed by atoms with Crippen LogP contribution in [0.15, 0.2) is 53.2 Å². The largest absolute Gasteiger partial charge is 0.493 e. The summed E-state index contributed by atoms with van der Waals surface area (Å²) < 4.78 is 38.9. The van der Waals surface area contributed by atoms with Crippen molar-refractivity contribution < 1.29 is 27.5 Å². The molecule has 0 fully saturated rings. The van der Waals surface area contributed by atoms with Crippen LogP contribution < -0.4 is 14.8 Å². The number of carbonyl (C=O) groups excluding carboxylic acids is 2. The summed E-state index contributed by atoms with van der Waals surface area (Å²) in [5.41, 5.74) is 1.44. The lowest BCUT2D eigenvalue weighted by atomic mass is 10.1. The van der Waals surface area contributed by atoms with Crippen molar-refractivity contribution in [2.75, 3.05) is 12.4 Å². The second kappa shape index (κ2) is 11.1. The molecule has 3 rings (SSSR count). The molecular formula is C24H22N4O6S2. The first kappa shape index (κ1) is 26.5. The fraction of sp³-hybridized carbons (Fsp3) is 0.208. The van der Waals surface area contributed by atoms with Crippen LogP contribution in [0.25, 0.3) is 6.08 Å². The van der Waals surface area contributed by atoms with Gasteiger partial charge in [0.05, 0.1) is 17.9 Å². The number of ether oxygens (including phenoxy) is 2. The third-order valence-electron chi connectivity index (χ3n) is 4.82. The highest BCUT2D eigenvalue weighted by Gasteiger charge is 2.25. The van der Waals surface area contributed by atoms with Gasteiger partial charge in [0, 0.05) is 11.5 Å². The van der Waals surface area contributed by atoms with Gasteiger partial charge < -0.3 is 9.47 Å². The zero-order valence-electron chi connectivity index (χ0n) is 19.8. The summed E-state index contributed by atoms with van der Waals surface area (Å²) in [5.74, 6) is -0.976. The summed E-state index contributed by atoms with van der Waals surface area (Å²) in [7, 11) is -2.31. The third-order valence-corrected chi connectivity index (χ3v) is 7.50. The molecule has 10 nitrogen and oxygen atoms in total. The number of benzene rings is 2. The van der Waals surface area contributed by atoms with Gasteiger partial charge in [-0.2, -0.15) is 14.6 Å². The Hall–Kier alpha value is -4.08. The standard InChI is InChI=1S/C24H22N4O6S2/c1-14(2)36(31,32)24-27-23(35-28-24)26-21(29)18(13-25)11-16-8-9-19(20(12-16)33-4)34-22(30)17-7-5-6-15(3)10-17/h5-12,14H,1-4H3,(H,26,27,28,29). The number of aryl methyl sites for hydroxylation is 1. The van der Waals surface area contributed by atoms with Crippen molar-refractivity contribution in [2.24, 2.45) is 0 Å². The molecule has 0 spiro atoms. The highest BCUT2D eigenvalue weighted by Crippen LogP contribution is 2.30. The number of rotatable bonds is 8. The van der Waals surface area contributed by atoms with Gasteiger partial charge >= 0.3 is 5.97 Å². The summed E-state index contributed by atoms with van der Waals surface area (Å²) in [5, 5.41) is 10.7. The van der Waals surface area contributed by atoms with E-state index in [4.69, 9.17) is 9.47 Å². The van der Waals surface area contributed by atoms with E-state index in [0.29, 0.717) is 22.7 Å². The Bertz CT molecular complexity index is 1490. The maximum Gasteiger partial charge on any atom is 0.343 e. The van der Waals surface area contributed by atoms with Crippen LogP contribution in [-0.4, -0.2) is 42.0 Å². The zero-order valence-corrected chi connectivity index (χ0v) is 21.4. The molecule has 1 heterocycles. The SMILES string of the molecule is COc1cc(C=C(C#N)C(=O)Nc2nc(S(=O)(=O)C(C)C)ns2)ccc1OC(=O)c1cccc(C)c1. The molecule has 3 aromatic rings. The molecule has 1 N–H and O–H groups in total. The first-order valence-corrected chi connectivity index (χ1v) is 12.8. The van der Waals surface area contributed by atoms with E-state index >= 15 is 0 Å². The Labute approximate surface area is 212 Å². The van der Waals surface area contributed by atoms with Crippen LogP contribution in [0.3, 0.4) is 0 Å². The summed E-state index contributed by atoms with van der Waals surface area (Å²) in [6, 6.07) is 13.3. The number of sulfone groups is 1. The van der Waals surface area contributed by atoms with Crippen LogP contribution in [0.5, 0.6) is 11.5 Å². The highest BCUT2D eigenvalue weighted by atomic mass is 32.2. The van der Waals surface area contributed by atoms with E-state index in [-0.39, 0.29) is 27.4 Å². The smallest absolute Gasteiger partial charge is 0.343 e. The van der Waals surface area contributed by atoms with E-state index in [9.17, 15) is 23.3 Å². The van der Waals surface area contributed by atoms with Crippen LogP contribution in [0.1, 0.15) is 35.3 Å². The molecule has 12 heteroatoms. The molecule has 1 aromatic heterocycles. The maximum absolute atomic E-state index is 12.6. The van der Waals surface area contributed by atoms with Gasteiger partial charge in [-0.1, -0.05) is 23.8 Å². The Morgan fingerprint density at radius 3 is 2.56 bits per heavy atom. The van der Waals surface area contributed by atoms with Crippen molar-refractivity contribution in [1.82, 2.24) is 9.36 Å². The molecule has 36 heavy (non-hydrogen) atoms. The number of nitrogens with one attached hydrogen (secondary N) is 1. The molecule has 186 valence electrons. The quantitative estimate of drug-likeness (QED) is 0.200. The van der Waals surface area contributed by atoms with E-state index in [0.717, 1.165) is 5.56 Å². The van der Waals surface area contributed by atoms with Gasteiger partial charge in [-0.05, 0) is 56.7 Å². The molecule has 2 aromatic carbocycles. The van der Waals surface area contributed by atoms with E-state index in [2.05, 4.69) is 14.7 Å². The molecule has 1 amide bonds. The van der Waals surface area contributed by atoms with Gasteiger partial charge in [0.2, 0.25) is 15.0 Å². The second-order valence-corrected chi connectivity index (χ2v) is 10.9. The molecule has 0 unspecified atom stereocenters. The minimum Gasteiger partial charge on any atom is -0.493 e. The molecule has 0 atom stereocenters. The number of hydrogen-bond donors (Lipinski definition) is 1. The summed E-state index contributed by atoms with van der Waals surface area (Å²) >= 11 is 0.692. The first-order valence-electron chi connectivity index (χ1n) is 10.5. The predicted molar refractivity (Wildman–Crippen MR) is 134 cm³/mol. The number of methoxy groups -OCH3 is 1. The van der Waals surface area contributed by atoms with Crippen LogP contribution in [0, 0.1) is 18.3 Å². The summed E-state index contributed by atoms with van der Waals surface area (Å²) in [6.45, 7) is 4.85. The third kappa shape index (κ3) is 6.12. The van der Waals surface area contributed by atoms with Crippen LogP contribution in [0.4, 0.5) is 5.13 Å². The van der Waals surface area contributed by atoms with Gasteiger partial charge in [0.1, 0.15) is 11.6 Å². The molecular weight excluding hydrogens is 504 g/mol. The van der Waals surface area contributed by atoms with Crippen LogP contribution in [-0.2, 0) is 14.6 Å². The second-order valence-electron chi connectivity index (χ2n) is 7.77. The molecule has 0 radical (unpaired) electrons. The molecule has 0 bridgehead atoms. The van der Waals surface area contributed by atoms with E-state index in [1.165, 1.54) is 39.2 Å². The number of amides is 1. The minimum absolute atomic E-state index is 0.0589. The predicted octanol–water partition coefficient (Wildman–Crippen LogP) is 3.80. The number of nitrogens with zero attached hydrogens (tertiary/aromatic N) is 3. The number of nitriles is 1. The normalized spacial score (nSPS) is 11.6. The molecule has 0 aliphatic carbocycles. The van der Waals surface area contributed by atoms with Crippen molar-refractivity contribution in [3.05, 3.63) is 64.7 Å². The fourth-order valence-corrected chi connectivity index (χ4v) is 4.55. The monoisotopic (exact) mass is 526 g/mol. The topological polar surface area (TPSA) is 148 Å². The molecule has 0 aliphatic rings. The number of esters is 1. The van der Waals surface area contributed by atoms with Crippen molar-refractivity contribution in [3.8, 4) is 17.6 Å².